The number of aromatic nitrogens is 2. The molecule has 5 nitrogen and oxygen atoms in total. The maximum Gasteiger partial charge on any atom is 0.205 e. The van der Waals surface area contributed by atoms with E-state index >= 15 is 0 Å². The van der Waals surface area contributed by atoms with Crippen LogP contribution in [-0.2, 0) is 4.74 Å². The Labute approximate surface area is 101 Å². The van der Waals surface area contributed by atoms with Gasteiger partial charge in [0.25, 0.3) is 0 Å². The number of anilines is 1. The molecule has 1 heterocycles. The molecule has 0 saturated carbocycles. The third kappa shape index (κ3) is 3.70. The van der Waals surface area contributed by atoms with Crippen molar-refractivity contribution < 1.29 is 4.74 Å². The molecular weight excluding hydrogens is 224 g/mol. The molecule has 0 aliphatic carbocycles. The Morgan fingerprint density at radius 3 is 2.69 bits per heavy atom. The number of nitrogens with zero attached hydrogens (tertiary/aromatic N) is 3. The van der Waals surface area contributed by atoms with E-state index in [0.717, 1.165) is 24.0 Å². The van der Waals surface area contributed by atoms with Crippen molar-refractivity contribution in [2.75, 3.05) is 38.3 Å². The van der Waals surface area contributed by atoms with Gasteiger partial charge in [0.15, 0.2) is 0 Å². The fraction of sp³-hybridized carbons (Fsp3) is 0.800. The van der Waals surface area contributed by atoms with Crippen LogP contribution in [0, 0.1) is 0 Å². The van der Waals surface area contributed by atoms with E-state index < -0.39 is 0 Å². The third-order valence-corrected chi connectivity index (χ3v) is 2.97. The molecule has 0 saturated heterocycles. The first kappa shape index (κ1) is 13.3. The molecule has 6 heteroatoms. The topological polar surface area (TPSA) is 64.3 Å². The van der Waals surface area contributed by atoms with Gasteiger partial charge < -0.3 is 15.4 Å². The van der Waals surface area contributed by atoms with Gasteiger partial charge in [-0.2, -0.15) is 4.37 Å². The number of hydrogen-bond donors (Lipinski definition) is 1. The van der Waals surface area contributed by atoms with Crippen LogP contribution in [0.1, 0.15) is 25.6 Å². The summed E-state index contributed by atoms with van der Waals surface area (Å²) in [6, 6.07) is 0. The minimum absolute atomic E-state index is 0.368. The summed E-state index contributed by atoms with van der Waals surface area (Å²) in [6.45, 7) is 7.07. The predicted octanol–water partition coefficient (Wildman–Crippen LogP) is 1.07. The summed E-state index contributed by atoms with van der Waals surface area (Å²) in [5.74, 6) is 1.27. The highest BCUT2D eigenvalue weighted by atomic mass is 32.1. The first-order valence-electron chi connectivity index (χ1n) is 5.46. The van der Waals surface area contributed by atoms with Gasteiger partial charge in [-0.15, -0.1) is 0 Å². The summed E-state index contributed by atoms with van der Waals surface area (Å²) in [6.07, 6.45) is 0. The smallest absolute Gasteiger partial charge is 0.205 e. The van der Waals surface area contributed by atoms with Crippen molar-refractivity contribution in [3.8, 4) is 0 Å². The molecule has 1 aromatic heterocycles. The van der Waals surface area contributed by atoms with Gasteiger partial charge in [0.2, 0.25) is 5.13 Å². The number of hydrogen-bond acceptors (Lipinski definition) is 6. The van der Waals surface area contributed by atoms with Crippen LogP contribution in [0.5, 0.6) is 0 Å². The van der Waals surface area contributed by atoms with Crippen LogP contribution in [0.25, 0.3) is 0 Å². The van der Waals surface area contributed by atoms with Gasteiger partial charge in [0.05, 0.1) is 6.61 Å². The molecule has 0 fully saturated rings. The summed E-state index contributed by atoms with van der Waals surface area (Å²) >= 11 is 1.43. The van der Waals surface area contributed by atoms with E-state index in [4.69, 9.17) is 10.5 Å². The summed E-state index contributed by atoms with van der Waals surface area (Å²) < 4.78 is 9.40. The summed E-state index contributed by atoms with van der Waals surface area (Å²) in [5.41, 5.74) is 5.58. The largest absolute Gasteiger partial charge is 0.383 e. The van der Waals surface area contributed by atoms with Crippen molar-refractivity contribution in [2.24, 2.45) is 5.73 Å². The molecule has 0 radical (unpaired) electrons. The van der Waals surface area contributed by atoms with E-state index in [0.29, 0.717) is 19.1 Å². The molecule has 1 rings (SSSR count). The highest BCUT2D eigenvalue weighted by molar-refractivity contribution is 7.09. The normalized spacial score (nSPS) is 11.1. The second-order valence-corrected chi connectivity index (χ2v) is 4.59. The molecule has 0 unspecified atom stereocenters. The summed E-state index contributed by atoms with van der Waals surface area (Å²) in [5, 5.41) is 0.936. The van der Waals surface area contributed by atoms with Gasteiger partial charge >= 0.3 is 0 Å². The van der Waals surface area contributed by atoms with Gasteiger partial charge in [-0.1, -0.05) is 13.8 Å². The Balaban J connectivity index is 2.67. The summed E-state index contributed by atoms with van der Waals surface area (Å²) in [4.78, 5) is 6.62. The van der Waals surface area contributed by atoms with Crippen LogP contribution in [0.3, 0.4) is 0 Å². The molecule has 92 valence electrons. The molecule has 0 aliphatic heterocycles. The molecule has 2 N–H and O–H groups in total. The van der Waals surface area contributed by atoms with Gasteiger partial charge in [-0.3, -0.25) is 0 Å². The summed E-state index contributed by atoms with van der Waals surface area (Å²) in [7, 11) is 1.69. The van der Waals surface area contributed by atoms with Crippen molar-refractivity contribution in [2.45, 2.75) is 19.8 Å². The maximum absolute atomic E-state index is 5.58. The van der Waals surface area contributed by atoms with E-state index in [1.54, 1.807) is 7.11 Å². The number of methoxy groups -OCH3 is 1. The van der Waals surface area contributed by atoms with Gasteiger partial charge in [0, 0.05) is 44.2 Å². The lowest BCUT2D eigenvalue weighted by molar-refractivity contribution is 0.205. The molecule has 0 spiro atoms. The molecule has 16 heavy (non-hydrogen) atoms. The van der Waals surface area contributed by atoms with Crippen LogP contribution >= 0.6 is 11.5 Å². The molecule has 0 bridgehead atoms. The monoisotopic (exact) mass is 244 g/mol. The number of ether oxygens (including phenoxy) is 1. The maximum atomic E-state index is 5.58. The minimum Gasteiger partial charge on any atom is -0.383 e. The second kappa shape index (κ2) is 6.78. The lowest BCUT2D eigenvalue weighted by Gasteiger charge is -2.19. The van der Waals surface area contributed by atoms with Crippen LogP contribution in [-0.4, -0.2) is 42.7 Å². The third-order valence-electron chi connectivity index (χ3n) is 2.18. The van der Waals surface area contributed by atoms with Crippen molar-refractivity contribution in [1.29, 1.82) is 0 Å². The second-order valence-electron chi connectivity index (χ2n) is 3.86. The van der Waals surface area contributed by atoms with E-state index in [9.17, 15) is 0 Å². The van der Waals surface area contributed by atoms with Crippen LogP contribution in [0.2, 0.25) is 0 Å². The number of rotatable bonds is 7. The first-order chi connectivity index (χ1) is 7.69. The molecular formula is C10H20N4OS. The van der Waals surface area contributed by atoms with Crippen molar-refractivity contribution >= 4 is 16.7 Å². The highest BCUT2D eigenvalue weighted by Crippen LogP contribution is 2.20. The average molecular weight is 244 g/mol. The molecule has 0 amide bonds. The predicted molar refractivity (Wildman–Crippen MR) is 67.1 cm³/mol. The lowest BCUT2D eigenvalue weighted by atomic mass is 10.2. The highest BCUT2D eigenvalue weighted by Gasteiger charge is 2.13. The minimum atomic E-state index is 0.368. The fourth-order valence-corrected chi connectivity index (χ4v) is 2.11. The Hall–Kier alpha value is -0.720. The van der Waals surface area contributed by atoms with E-state index in [1.807, 2.05) is 0 Å². The van der Waals surface area contributed by atoms with Crippen molar-refractivity contribution in [3.05, 3.63) is 5.82 Å². The van der Waals surface area contributed by atoms with Gasteiger partial charge in [-0.25, -0.2) is 4.98 Å². The Morgan fingerprint density at radius 2 is 2.19 bits per heavy atom. The van der Waals surface area contributed by atoms with Crippen molar-refractivity contribution in [3.63, 3.8) is 0 Å². The zero-order valence-corrected chi connectivity index (χ0v) is 11.0. The fourth-order valence-electron chi connectivity index (χ4n) is 1.25. The van der Waals surface area contributed by atoms with E-state index in [2.05, 4.69) is 28.1 Å². The zero-order valence-electron chi connectivity index (χ0n) is 10.1. The SMILES string of the molecule is COCCN(CCN)c1nc(C(C)C)ns1. The van der Waals surface area contributed by atoms with Crippen LogP contribution in [0.15, 0.2) is 0 Å². The lowest BCUT2D eigenvalue weighted by Crippen LogP contribution is -2.32. The molecule has 1 aromatic rings. The van der Waals surface area contributed by atoms with Crippen LogP contribution in [0.4, 0.5) is 5.13 Å². The quantitative estimate of drug-likeness (QED) is 0.777. The first-order valence-corrected chi connectivity index (χ1v) is 6.24. The Bertz CT molecular complexity index is 303. The molecule has 0 aromatic carbocycles. The zero-order chi connectivity index (χ0) is 12.0. The van der Waals surface area contributed by atoms with E-state index in [1.165, 1.54) is 11.5 Å². The van der Waals surface area contributed by atoms with Crippen LogP contribution < -0.4 is 10.6 Å². The molecule has 0 aliphatic rings. The standard InChI is InChI=1S/C10H20N4OS/c1-8(2)9-12-10(16-13-9)14(5-4-11)6-7-15-3/h8H,4-7,11H2,1-3H3. The number of nitrogens with two attached hydrogens (primary N) is 1. The van der Waals surface area contributed by atoms with Crippen molar-refractivity contribution in [1.82, 2.24) is 9.36 Å². The molecule has 0 atom stereocenters. The Kier molecular flexibility index (Phi) is 5.65. The van der Waals surface area contributed by atoms with E-state index in [-0.39, 0.29) is 0 Å². The average Bonchev–Trinajstić information content (AvgIpc) is 2.73. The Morgan fingerprint density at radius 1 is 1.44 bits per heavy atom. The van der Waals surface area contributed by atoms with Gasteiger partial charge in [-0.05, 0) is 0 Å². The van der Waals surface area contributed by atoms with Gasteiger partial charge in [0.1, 0.15) is 5.82 Å².